The Morgan fingerprint density at radius 3 is 2.60 bits per heavy atom. The first-order chi connectivity index (χ1) is 9.54. The van der Waals surface area contributed by atoms with E-state index in [-0.39, 0.29) is 11.7 Å². The van der Waals surface area contributed by atoms with E-state index in [0.717, 1.165) is 29.8 Å². The average Bonchev–Trinajstić information content (AvgIpc) is 2.76. The molecule has 3 nitrogen and oxygen atoms in total. The summed E-state index contributed by atoms with van der Waals surface area (Å²) in [4.78, 5) is 17.0. The zero-order chi connectivity index (χ0) is 14.7. The molecule has 108 valence electrons. The maximum atomic E-state index is 12.3. The van der Waals surface area contributed by atoms with Crippen molar-refractivity contribution in [1.29, 1.82) is 0 Å². The highest BCUT2D eigenvalue weighted by Crippen LogP contribution is 2.19. The second-order valence-electron chi connectivity index (χ2n) is 5.84. The Balaban J connectivity index is 2.33. The molecule has 0 radical (unpaired) electrons. The molecule has 0 aliphatic rings. The number of aromatic nitrogens is 2. The number of imidazole rings is 1. The first-order valence-corrected chi connectivity index (χ1v) is 7.51. The van der Waals surface area contributed by atoms with Gasteiger partial charge in [-0.3, -0.25) is 4.79 Å². The number of hydrogen-bond donors (Lipinski definition) is 0. The smallest absolute Gasteiger partial charge is 0.143 e. The van der Waals surface area contributed by atoms with Crippen LogP contribution in [0.5, 0.6) is 0 Å². The largest absolute Gasteiger partial charge is 0.328 e. The number of Topliss-reactive ketones (excluding diaryl/α,β-unsaturated/α-hetero) is 1. The zero-order valence-electron chi connectivity index (χ0n) is 12.9. The van der Waals surface area contributed by atoms with Crippen LogP contribution < -0.4 is 0 Å². The molecule has 2 rings (SSSR count). The van der Waals surface area contributed by atoms with Gasteiger partial charge in [0, 0.05) is 12.5 Å². The van der Waals surface area contributed by atoms with Gasteiger partial charge in [0.15, 0.2) is 0 Å². The lowest BCUT2D eigenvalue weighted by Crippen LogP contribution is -2.20. The molecular formula is C17H24N2O. The van der Waals surface area contributed by atoms with Gasteiger partial charge < -0.3 is 4.57 Å². The first kappa shape index (κ1) is 14.8. The van der Waals surface area contributed by atoms with E-state index in [4.69, 9.17) is 0 Å². The molecule has 1 unspecified atom stereocenters. The minimum absolute atomic E-state index is 0.0879. The number of para-hydroxylation sites is 2. The van der Waals surface area contributed by atoms with E-state index in [0.29, 0.717) is 12.3 Å². The van der Waals surface area contributed by atoms with Crippen LogP contribution in [0.4, 0.5) is 0 Å². The van der Waals surface area contributed by atoms with Crippen LogP contribution in [0.2, 0.25) is 0 Å². The Hall–Kier alpha value is -1.64. The van der Waals surface area contributed by atoms with Crippen LogP contribution in [-0.4, -0.2) is 15.3 Å². The molecule has 0 amide bonds. The van der Waals surface area contributed by atoms with Crippen molar-refractivity contribution < 1.29 is 4.79 Å². The Kier molecular flexibility index (Phi) is 4.58. The third kappa shape index (κ3) is 2.92. The molecule has 1 aromatic heterocycles. The lowest BCUT2D eigenvalue weighted by atomic mass is 9.92. The summed E-state index contributed by atoms with van der Waals surface area (Å²) in [5.74, 6) is 1.66. The Labute approximate surface area is 121 Å². The number of hydrogen-bond acceptors (Lipinski definition) is 2. The topological polar surface area (TPSA) is 34.9 Å². The molecule has 0 spiro atoms. The molecule has 1 heterocycles. The summed E-state index contributed by atoms with van der Waals surface area (Å²) in [7, 11) is 0. The third-order valence-electron chi connectivity index (χ3n) is 4.02. The molecule has 2 aromatic rings. The van der Waals surface area contributed by atoms with Crippen molar-refractivity contribution in [2.75, 3.05) is 0 Å². The van der Waals surface area contributed by atoms with Gasteiger partial charge in [-0.25, -0.2) is 4.98 Å². The van der Waals surface area contributed by atoms with Gasteiger partial charge in [-0.2, -0.15) is 0 Å². The van der Waals surface area contributed by atoms with E-state index in [1.807, 2.05) is 25.1 Å². The molecule has 0 saturated carbocycles. The van der Waals surface area contributed by atoms with Gasteiger partial charge >= 0.3 is 0 Å². The highest BCUT2D eigenvalue weighted by molar-refractivity contribution is 5.84. The SMILES string of the molecule is CCCn1c(CC(=O)C(C)C(C)C)nc2ccccc21. The van der Waals surface area contributed by atoms with Crippen molar-refractivity contribution in [2.45, 2.75) is 47.1 Å². The van der Waals surface area contributed by atoms with Crippen LogP contribution in [-0.2, 0) is 17.8 Å². The number of fused-ring (bicyclic) bond motifs is 1. The maximum absolute atomic E-state index is 12.3. The summed E-state index contributed by atoms with van der Waals surface area (Å²) in [6, 6.07) is 8.12. The number of ketones is 1. The van der Waals surface area contributed by atoms with Crippen LogP contribution in [0.3, 0.4) is 0 Å². The molecule has 0 saturated heterocycles. The summed E-state index contributed by atoms with van der Waals surface area (Å²) < 4.78 is 2.19. The van der Waals surface area contributed by atoms with E-state index >= 15 is 0 Å². The molecule has 0 bridgehead atoms. The zero-order valence-corrected chi connectivity index (χ0v) is 12.9. The van der Waals surface area contributed by atoms with E-state index in [2.05, 4.69) is 36.4 Å². The van der Waals surface area contributed by atoms with Crippen molar-refractivity contribution in [1.82, 2.24) is 9.55 Å². The monoisotopic (exact) mass is 272 g/mol. The minimum atomic E-state index is 0.0879. The number of aryl methyl sites for hydroxylation is 1. The molecular weight excluding hydrogens is 248 g/mol. The highest BCUT2D eigenvalue weighted by Gasteiger charge is 2.20. The summed E-state index contributed by atoms with van der Waals surface area (Å²) >= 11 is 0. The van der Waals surface area contributed by atoms with Crippen molar-refractivity contribution in [3.8, 4) is 0 Å². The van der Waals surface area contributed by atoms with Gasteiger partial charge in [-0.1, -0.05) is 39.8 Å². The van der Waals surface area contributed by atoms with Crippen molar-refractivity contribution >= 4 is 16.8 Å². The molecule has 0 fully saturated rings. The fourth-order valence-electron chi connectivity index (χ4n) is 2.42. The lowest BCUT2D eigenvalue weighted by molar-refractivity contribution is -0.123. The normalized spacial score (nSPS) is 13.1. The van der Waals surface area contributed by atoms with Gasteiger partial charge in [-0.15, -0.1) is 0 Å². The summed E-state index contributed by atoms with van der Waals surface area (Å²) in [5.41, 5.74) is 2.12. The van der Waals surface area contributed by atoms with Crippen LogP contribution in [0.1, 0.15) is 39.9 Å². The molecule has 3 heteroatoms. The van der Waals surface area contributed by atoms with Crippen molar-refractivity contribution in [3.63, 3.8) is 0 Å². The fourth-order valence-corrected chi connectivity index (χ4v) is 2.42. The van der Waals surface area contributed by atoms with Crippen LogP contribution >= 0.6 is 0 Å². The highest BCUT2D eigenvalue weighted by atomic mass is 16.1. The van der Waals surface area contributed by atoms with E-state index in [1.54, 1.807) is 0 Å². The molecule has 0 aliphatic carbocycles. The number of nitrogens with zero attached hydrogens (tertiary/aromatic N) is 2. The molecule has 0 aliphatic heterocycles. The van der Waals surface area contributed by atoms with Gasteiger partial charge in [0.05, 0.1) is 17.5 Å². The van der Waals surface area contributed by atoms with E-state index in [9.17, 15) is 4.79 Å². The lowest BCUT2D eigenvalue weighted by Gasteiger charge is -2.14. The standard InChI is InChI=1S/C17H24N2O/c1-5-10-19-15-9-7-6-8-14(15)18-17(19)11-16(20)13(4)12(2)3/h6-9,12-13H,5,10-11H2,1-4H3. The predicted molar refractivity (Wildman–Crippen MR) is 82.7 cm³/mol. The quantitative estimate of drug-likeness (QED) is 0.800. The fraction of sp³-hybridized carbons (Fsp3) is 0.529. The first-order valence-electron chi connectivity index (χ1n) is 7.51. The third-order valence-corrected chi connectivity index (χ3v) is 4.02. The van der Waals surface area contributed by atoms with Crippen LogP contribution in [0.25, 0.3) is 11.0 Å². The van der Waals surface area contributed by atoms with E-state index in [1.165, 1.54) is 0 Å². The second-order valence-corrected chi connectivity index (χ2v) is 5.84. The van der Waals surface area contributed by atoms with Crippen LogP contribution in [0, 0.1) is 11.8 Å². The summed E-state index contributed by atoms with van der Waals surface area (Å²) in [5, 5.41) is 0. The number of carbonyl (C=O) groups excluding carboxylic acids is 1. The Bertz CT molecular complexity index is 598. The molecule has 1 aromatic carbocycles. The van der Waals surface area contributed by atoms with Gasteiger partial charge in [0.2, 0.25) is 0 Å². The van der Waals surface area contributed by atoms with Gasteiger partial charge in [0.25, 0.3) is 0 Å². The van der Waals surface area contributed by atoms with Crippen LogP contribution in [0.15, 0.2) is 24.3 Å². The molecule has 1 atom stereocenters. The molecule has 0 N–H and O–H groups in total. The number of carbonyl (C=O) groups is 1. The predicted octanol–water partition coefficient (Wildman–Crippen LogP) is 3.85. The van der Waals surface area contributed by atoms with Gasteiger partial charge in [0.1, 0.15) is 11.6 Å². The minimum Gasteiger partial charge on any atom is -0.328 e. The second kappa shape index (κ2) is 6.21. The summed E-state index contributed by atoms with van der Waals surface area (Å²) in [6.07, 6.45) is 1.48. The van der Waals surface area contributed by atoms with Crippen molar-refractivity contribution in [2.24, 2.45) is 11.8 Å². The van der Waals surface area contributed by atoms with Gasteiger partial charge in [-0.05, 0) is 24.5 Å². The Morgan fingerprint density at radius 2 is 1.95 bits per heavy atom. The molecule has 20 heavy (non-hydrogen) atoms. The van der Waals surface area contributed by atoms with E-state index < -0.39 is 0 Å². The van der Waals surface area contributed by atoms with Crippen molar-refractivity contribution in [3.05, 3.63) is 30.1 Å². The average molecular weight is 272 g/mol. The maximum Gasteiger partial charge on any atom is 0.143 e. The Morgan fingerprint density at radius 1 is 1.25 bits per heavy atom. The number of rotatable bonds is 6. The summed E-state index contributed by atoms with van der Waals surface area (Å²) in [6.45, 7) is 9.27. The number of benzene rings is 1.